The van der Waals surface area contributed by atoms with Crippen LogP contribution in [0.4, 0.5) is 5.95 Å². The number of aromatic amines is 1. The molecule has 1 aliphatic heterocycles. The van der Waals surface area contributed by atoms with Gasteiger partial charge in [-0.1, -0.05) is 12.1 Å². The third kappa shape index (κ3) is 3.30. The third-order valence-electron chi connectivity index (χ3n) is 4.97. The zero-order valence-electron chi connectivity index (χ0n) is 15.2. The Morgan fingerprint density at radius 2 is 1.93 bits per heavy atom. The zero-order chi connectivity index (χ0) is 18.8. The normalized spacial score (nSPS) is 15.2. The maximum atomic E-state index is 12.7. The van der Waals surface area contributed by atoms with Gasteiger partial charge in [0.05, 0.1) is 16.6 Å². The molecule has 1 amide bonds. The van der Waals surface area contributed by atoms with Crippen molar-refractivity contribution in [1.82, 2.24) is 24.4 Å². The van der Waals surface area contributed by atoms with Gasteiger partial charge in [0, 0.05) is 38.1 Å². The number of imidazole rings is 1. The first kappa shape index (κ1) is 17.3. The molecule has 3 heterocycles. The van der Waals surface area contributed by atoms with Gasteiger partial charge < -0.3 is 15.2 Å². The minimum absolute atomic E-state index is 0.0669. The fourth-order valence-electron chi connectivity index (χ4n) is 3.63. The number of rotatable bonds is 4. The Bertz CT molecular complexity index is 999. The Hall–Kier alpha value is -3.16. The maximum Gasteiger partial charge on any atom is 0.326 e. The van der Waals surface area contributed by atoms with E-state index in [1.54, 1.807) is 12.4 Å². The van der Waals surface area contributed by atoms with Crippen molar-refractivity contribution in [2.24, 2.45) is 0 Å². The first-order valence-electron chi connectivity index (χ1n) is 9.22. The number of hydrogen-bond acceptors (Lipinski definition) is 5. The average molecular weight is 366 g/mol. The molecule has 2 aromatic heterocycles. The molecule has 1 aliphatic rings. The quantitative estimate of drug-likeness (QED) is 0.737. The molecule has 1 aromatic carbocycles. The lowest BCUT2D eigenvalue weighted by Gasteiger charge is -2.32. The first-order chi connectivity index (χ1) is 13.2. The van der Waals surface area contributed by atoms with Crippen LogP contribution in [0, 0.1) is 0 Å². The molecule has 4 rings (SSSR count). The summed E-state index contributed by atoms with van der Waals surface area (Å²) in [5.74, 6) is 0.453. The fourth-order valence-corrected chi connectivity index (χ4v) is 3.63. The number of amides is 1. The van der Waals surface area contributed by atoms with Gasteiger partial charge in [-0.15, -0.1) is 0 Å². The van der Waals surface area contributed by atoms with Gasteiger partial charge in [0.2, 0.25) is 5.95 Å². The largest absolute Gasteiger partial charge is 0.355 e. The number of carbonyl (C=O) groups is 1. The van der Waals surface area contributed by atoms with Crippen molar-refractivity contribution >= 4 is 22.9 Å². The van der Waals surface area contributed by atoms with Crippen molar-refractivity contribution in [3.63, 3.8) is 0 Å². The molecule has 1 fully saturated rings. The highest BCUT2D eigenvalue weighted by Gasteiger charge is 2.26. The highest BCUT2D eigenvalue weighted by Crippen LogP contribution is 2.25. The van der Waals surface area contributed by atoms with E-state index >= 15 is 0 Å². The van der Waals surface area contributed by atoms with Crippen LogP contribution in [0.25, 0.3) is 11.0 Å². The van der Waals surface area contributed by atoms with E-state index in [0.717, 1.165) is 30.4 Å². The van der Waals surface area contributed by atoms with Gasteiger partial charge >= 0.3 is 5.69 Å². The molecular formula is C19H22N6O2. The number of benzene rings is 1. The van der Waals surface area contributed by atoms with E-state index in [9.17, 15) is 9.59 Å². The van der Waals surface area contributed by atoms with Gasteiger partial charge in [0.1, 0.15) is 0 Å². The Labute approximate surface area is 156 Å². The minimum atomic E-state index is -0.0895. The molecule has 0 saturated carbocycles. The van der Waals surface area contributed by atoms with Gasteiger partial charge in [0.15, 0.2) is 0 Å². The predicted molar refractivity (Wildman–Crippen MR) is 103 cm³/mol. The van der Waals surface area contributed by atoms with Crippen molar-refractivity contribution in [2.75, 3.05) is 25.0 Å². The molecule has 3 aromatic rings. The van der Waals surface area contributed by atoms with Crippen molar-refractivity contribution in [1.29, 1.82) is 0 Å². The van der Waals surface area contributed by atoms with E-state index in [4.69, 9.17) is 0 Å². The molecule has 0 bridgehead atoms. The summed E-state index contributed by atoms with van der Waals surface area (Å²) in [6, 6.07) is 7.79. The number of anilines is 1. The molecule has 27 heavy (non-hydrogen) atoms. The van der Waals surface area contributed by atoms with Crippen LogP contribution in [-0.2, 0) is 0 Å². The summed E-state index contributed by atoms with van der Waals surface area (Å²) in [6.07, 6.45) is 4.60. The van der Waals surface area contributed by atoms with Crippen LogP contribution in [0.15, 0.2) is 41.5 Å². The molecule has 2 N–H and O–H groups in total. The second-order valence-electron chi connectivity index (χ2n) is 6.67. The van der Waals surface area contributed by atoms with Gasteiger partial charge in [-0.05, 0) is 31.9 Å². The summed E-state index contributed by atoms with van der Waals surface area (Å²) in [4.78, 5) is 38.1. The summed E-state index contributed by atoms with van der Waals surface area (Å²) >= 11 is 0. The molecule has 0 unspecified atom stereocenters. The molecule has 0 spiro atoms. The number of carbonyl (C=O) groups excluding carboxylic acids is 1. The molecule has 8 heteroatoms. The fraction of sp³-hybridized carbons (Fsp3) is 0.368. The number of aromatic nitrogens is 4. The molecule has 0 radical (unpaired) electrons. The van der Waals surface area contributed by atoms with Crippen LogP contribution in [0.2, 0.25) is 0 Å². The topological polar surface area (TPSA) is 95.9 Å². The van der Waals surface area contributed by atoms with Crippen molar-refractivity contribution in [3.05, 3.63) is 52.7 Å². The molecular weight excluding hydrogens is 344 g/mol. The lowest BCUT2D eigenvalue weighted by molar-refractivity contribution is 0.0694. The van der Waals surface area contributed by atoms with E-state index < -0.39 is 0 Å². The first-order valence-corrected chi connectivity index (χ1v) is 9.22. The third-order valence-corrected chi connectivity index (χ3v) is 4.97. The van der Waals surface area contributed by atoms with Gasteiger partial charge in [0.25, 0.3) is 5.91 Å². The highest BCUT2D eigenvalue weighted by atomic mass is 16.2. The number of hydrogen-bond donors (Lipinski definition) is 2. The monoisotopic (exact) mass is 366 g/mol. The second kappa shape index (κ2) is 7.22. The Morgan fingerprint density at radius 1 is 1.22 bits per heavy atom. The average Bonchev–Trinajstić information content (AvgIpc) is 3.04. The summed E-state index contributed by atoms with van der Waals surface area (Å²) in [5, 5.41) is 3.01. The van der Waals surface area contributed by atoms with E-state index in [1.807, 2.05) is 40.7 Å². The van der Waals surface area contributed by atoms with Crippen LogP contribution in [0.5, 0.6) is 0 Å². The predicted octanol–water partition coefficient (Wildman–Crippen LogP) is 2.03. The number of piperidine rings is 1. The number of nitrogens with zero attached hydrogens (tertiary/aromatic N) is 4. The summed E-state index contributed by atoms with van der Waals surface area (Å²) in [6.45, 7) is 3.90. The number of para-hydroxylation sites is 2. The Balaban J connectivity index is 1.46. The minimum Gasteiger partial charge on any atom is -0.355 e. The van der Waals surface area contributed by atoms with E-state index in [0.29, 0.717) is 24.6 Å². The van der Waals surface area contributed by atoms with E-state index in [1.165, 1.54) is 0 Å². The number of fused-ring (bicyclic) bond motifs is 1. The van der Waals surface area contributed by atoms with Crippen LogP contribution >= 0.6 is 0 Å². The van der Waals surface area contributed by atoms with Gasteiger partial charge in [-0.2, -0.15) is 0 Å². The standard InChI is InChI=1S/C19H22N6O2/c1-2-20-18-21-11-13(12-22-18)17(26)24-9-7-14(8-10-24)25-16-6-4-3-5-15(16)23-19(25)27/h3-6,11-12,14H,2,7-10H2,1H3,(H,23,27)(H,20,21,22). The number of nitrogens with one attached hydrogen (secondary N) is 2. The summed E-state index contributed by atoms with van der Waals surface area (Å²) < 4.78 is 1.82. The van der Waals surface area contributed by atoms with Crippen LogP contribution in [0.3, 0.4) is 0 Å². The SMILES string of the molecule is CCNc1ncc(C(=O)N2CCC(n3c(=O)[nH]c4ccccc43)CC2)cn1. The van der Waals surface area contributed by atoms with Crippen LogP contribution in [-0.4, -0.2) is 50.0 Å². The van der Waals surface area contributed by atoms with Crippen molar-refractivity contribution in [2.45, 2.75) is 25.8 Å². The summed E-state index contributed by atoms with van der Waals surface area (Å²) in [7, 11) is 0. The Kier molecular flexibility index (Phi) is 4.62. The van der Waals surface area contributed by atoms with Gasteiger partial charge in [-0.25, -0.2) is 14.8 Å². The van der Waals surface area contributed by atoms with Crippen molar-refractivity contribution in [3.8, 4) is 0 Å². The zero-order valence-corrected chi connectivity index (χ0v) is 15.2. The lowest BCUT2D eigenvalue weighted by atomic mass is 10.0. The molecule has 8 nitrogen and oxygen atoms in total. The van der Waals surface area contributed by atoms with Crippen LogP contribution in [0.1, 0.15) is 36.2 Å². The molecule has 140 valence electrons. The van der Waals surface area contributed by atoms with Gasteiger partial charge in [-0.3, -0.25) is 9.36 Å². The van der Waals surface area contributed by atoms with Crippen LogP contribution < -0.4 is 11.0 Å². The van der Waals surface area contributed by atoms with E-state index in [-0.39, 0.29) is 17.6 Å². The molecule has 0 aliphatic carbocycles. The highest BCUT2D eigenvalue weighted by molar-refractivity contribution is 5.93. The van der Waals surface area contributed by atoms with E-state index in [2.05, 4.69) is 20.3 Å². The molecule has 1 saturated heterocycles. The lowest BCUT2D eigenvalue weighted by Crippen LogP contribution is -2.40. The molecule has 0 atom stereocenters. The number of H-pyrrole nitrogens is 1. The summed E-state index contributed by atoms with van der Waals surface area (Å²) in [5.41, 5.74) is 2.16. The van der Waals surface area contributed by atoms with Crippen molar-refractivity contribution < 1.29 is 4.79 Å². The number of likely N-dealkylation sites (tertiary alicyclic amines) is 1. The smallest absolute Gasteiger partial charge is 0.326 e. The maximum absolute atomic E-state index is 12.7. The Morgan fingerprint density at radius 3 is 2.63 bits per heavy atom. The second-order valence-corrected chi connectivity index (χ2v) is 6.67.